The molecule has 0 aliphatic rings. The molecule has 0 fully saturated rings. The second-order valence-corrected chi connectivity index (χ2v) is 6.64. The van der Waals surface area contributed by atoms with Crippen LogP contribution in [0.1, 0.15) is 10.4 Å². The van der Waals surface area contributed by atoms with Crippen LogP contribution < -0.4 is 15.8 Å². The lowest BCUT2D eigenvalue weighted by Gasteiger charge is -2.14. The van der Waals surface area contributed by atoms with Crippen LogP contribution in [0.3, 0.4) is 0 Å². The van der Waals surface area contributed by atoms with E-state index in [4.69, 9.17) is 22.1 Å². The molecular formula is C21H16ClN5O2. The summed E-state index contributed by atoms with van der Waals surface area (Å²) in [4.78, 5) is 25.3. The highest BCUT2D eigenvalue weighted by atomic mass is 35.5. The first-order chi connectivity index (χ1) is 14.0. The number of benzene rings is 2. The van der Waals surface area contributed by atoms with Crippen molar-refractivity contribution in [3.05, 3.63) is 71.5 Å². The molecule has 0 aliphatic heterocycles. The SMILES string of the molecule is COc1ccc2nc(-c3cccnc3)nc(Nc3cc(Cl)ccc3C(N)=O)c2c1. The molecular weight excluding hydrogens is 390 g/mol. The van der Waals surface area contributed by atoms with Crippen molar-refractivity contribution in [2.24, 2.45) is 5.73 Å². The van der Waals surface area contributed by atoms with Crippen LogP contribution in [0, 0.1) is 0 Å². The predicted molar refractivity (Wildman–Crippen MR) is 113 cm³/mol. The molecule has 2 heterocycles. The Kier molecular flexibility index (Phi) is 4.97. The van der Waals surface area contributed by atoms with Crippen LogP contribution in [0.4, 0.5) is 11.5 Å². The fourth-order valence-electron chi connectivity index (χ4n) is 2.92. The molecule has 0 aliphatic carbocycles. The predicted octanol–water partition coefficient (Wildman–Crippen LogP) is 4.20. The van der Waals surface area contributed by atoms with E-state index in [1.54, 1.807) is 37.7 Å². The van der Waals surface area contributed by atoms with E-state index in [9.17, 15) is 4.79 Å². The van der Waals surface area contributed by atoms with Gasteiger partial charge in [-0.1, -0.05) is 11.6 Å². The molecule has 0 saturated carbocycles. The Bertz CT molecular complexity index is 1210. The van der Waals surface area contributed by atoms with Crippen molar-refractivity contribution in [3.63, 3.8) is 0 Å². The number of hydrogen-bond acceptors (Lipinski definition) is 6. The molecule has 0 saturated heterocycles. The number of nitrogens with two attached hydrogens (primary N) is 1. The van der Waals surface area contributed by atoms with Crippen molar-refractivity contribution < 1.29 is 9.53 Å². The number of anilines is 2. The van der Waals surface area contributed by atoms with E-state index in [-0.39, 0.29) is 0 Å². The Balaban J connectivity index is 1.92. The number of nitrogens with one attached hydrogen (secondary N) is 1. The highest BCUT2D eigenvalue weighted by Crippen LogP contribution is 2.31. The van der Waals surface area contributed by atoms with Gasteiger partial charge in [-0.3, -0.25) is 9.78 Å². The third kappa shape index (κ3) is 3.81. The summed E-state index contributed by atoms with van der Waals surface area (Å²) in [5.74, 6) is 1.05. The number of rotatable bonds is 5. The maximum atomic E-state index is 11.9. The fraction of sp³-hybridized carbons (Fsp3) is 0.0476. The number of nitrogens with zero attached hydrogens (tertiary/aromatic N) is 3. The minimum atomic E-state index is -0.576. The van der Waals surface area contributed by atoms with E-state index in [1.165, 1.54) is 0 Å². The number of amides is 1. The summed E-state index contributed by atoms with van der Waals surface area (Å²) in [6, 6.07) is 14.0. The number of methoxy groups -OCH3 is 1. The quantitative estimate of drug-likeness (QED) is 0.516. The standard InChI is InChI=1S/C21H16ClN5O2/c1-29-14-5-7-17-16(10-14)21(27-20(25-17)12-3-2-8-24-11-12)26-18-9-13(22)4-6-15(18)19(23)28/h2-11H,1H3,(H2,23,28)(H,25,26,27). The fourth-order valence-corrected chi connectivity index (χ4v) is 3.09. The van der Waals surface area contributed by atoms with Gasteiger partial charge in [0.2, 0.25) is 0 Å². The van der Waals surface area contributed by atoms with Gasteiger partial charge in [0.15, 0.2) is 5.82 Å². The van der Waals surface area contributed by atoms with Crippen LogP contribution in [-0.4, -0.2) is 28.0 Å². The second-order valence-electron chi connectivity index (χ2n) is 6.20. The lowest BCUT2D eigenvalue weighted by molar-refractivity contribution is 0.100. The zero-order valence-electron chi connectivity index (χ0n) is 15.4. The van der Waals surface area contributed by atoms with Crippen molar-refractivity contribution in [1.29, 1.82) is 0 Å². The van der Waals surface area contributed by atoms with Crippen molar-refractivity contribution in [2.45, 2.75) is 0 Å². The Labute approximate surface area is 171 Å². The average molecular weight is 406 g/mol. The number of ether oxygens (including phenoxy) is 1. The lowest BCUT2D eigenvalue weighted by atomic mass is 10.1. The number of halogens is 1. The van der Waals surface area contributed by atoms with Crippen molar-refractivity contribution in [1.82, 2.24) is 15.0 Å². The molecule has 0 spiro atoms. The van der Waals surface area contributed by atoms with E-state index in [0.717, 1.165) is 5.56 Å². The first-order valence-electron chi connectivity index (χ1n) is 8.68. The van der Waals surface area contributed by atoms with Gasteiger partial charge in [0.25, 0.3) is 5.91 Å². The highest BCUT2D eigenvalue weighted by molar-refractivity contribution is 6.31. The number of hydrogen-bond donors (Lipinski definition) is 2. The van der Waals surface area contributed by atoms with Crippen LogP contribution in [0.15, 0.2) is 60.9 Å². The first-order valence-corrected chi connectivity index (χ1v) is 9.05. The molecule has 2 aromatic heterocycles. The Morgan fingerprint density at radius 2 is 2.00 bits per heavy atom. The van der Waals surface area contributed by atoms with Crippen LogP contribution in [0.2, 0.25) is 5.02 Å². The Morgan fingerprint density at radius 3 is 2.72 bits per heavy atom. The van der Waals surface area contributed by atoms with E-state index in [2.05, 4.69) is 20.3 Å². The van der Waals surface area contributed by atoms with Gasteiger partial charge in [0.05, 0.1) is 23.9 Å². The third-order valence-electron chi connectivity index (χ3n) is 4.32. The molecule has 2 aromatic carbocycles. The van der Waals surface area contributed by atoms with Crippen LogP contribution in [0.25, 0.3) is 22.3 Å². The summed E-state index contributed by atoms with van der Waals surface area (Å²) in [7, 11) is 1.58. The molecule has 0 radical (unpaired) electrons. The molecule has 8 heteroatoms. The number of pyridine rings is 1. The smallest absolute Gasteiger partial charge is 0.250 e. The van der Waals surface area contributed by atoms with Gasteiger partial charge in [-0.25, -0.2) is 9.97 Å². The number of fused-ring (bicyclic) bond motifs is 1. The summed E-state index contributed by atoms with van der Waals surface area (Å²) >= 11 is 6.13. The zero-order valence-corrected chi connectivity index (χ0v) is 16.1. The molecule has 1 amide bonds. The number of primary amides is 1. The monoisotopic (exact) mass is 405 g/mol. The average Bonchev–Trinajstić information content (AvgIpc) is 2.74. The molecule has 4 rings (SSSR count). The van der Waals surface area contributed by atoms with Crippen molar-refractivity contribution >= 4 is 39.9 Å². The van der Waals surface area contributed by atoms with Crippen LogP contribution in [0.5, 0.6) is 5.75 Å². The maximum Gasteiger partial charge on any atom is 0.250 e. The van der Waals surface area contributed by atoms with Crippen LogP contribution >= 0.6 is 11.6 Å². The summed E-state index contributed by atoms with van der Waals surface area (Å²) in [6.45, 7) is 0. The van der Waals surface area contributed by atoms with Gasteiger partial charge >= 0.3 is 0 Å². The summed E-state index contributed by atoms with van der Waals surface area (Å²) < 4.78 is 5.33. The van der Waals surface area contributed by atoms with Gasteiger partial charge in [-0.05, 0) is 48.5 Å². The number of carbonyl (C=O) groups is 1. The van der Waals surface area contributed by atoms with Crippen molar-refractivity contribution in [3.8, 4) is 17.1 Å². The Hall–Kier alpha value is -3.71. The van der Waals surface area contributed by atoms with Gasteiger partial charge in [0.1, 0.15) is 11.6 Å². The minimum Gasteiger partial charge on any atom is -0.497 e. The lowest BCUT2D eigenvalue weighted by Crippen LogP contribution is -2.13. The molecule has 0 atom stereocenters. The summed E-state index contributed by atoms with van der Waals surface area (Å²) in [5, 5.41) is 4.36. The summed E-state index contributed by atoms with van der Waals surface area (Å²) in [5.41, 5.74) is 7.72. The normalized spacial score (nSPS) is 10.7. The molecule has 144 valence electrons. The highest BCUT2D eigenvalue weighted by Gasteiger charge is 2.15. The van der Waals surface area contributed by atoms with Gasteiger partial charge in [-0.15, -0.1) is 0 Å². The zero-order chi connectivity index (χ0) is 20.4. The largest absolute Gasteiger partial charge is 0.497 e. The number of aromatic nitrogens is 3. The number of carbonyl (C=O) groups excluding carboxylic acids is 1. The van der Waals surface area contributed by atoms with E-state index in [0.29, 0.717) is 44.6 Å². The molecule has 29 heavy (non-hydrogen) atoms. The first kappa shape index (κ1) is 18.6. The molecule has 7 nitrogen and oxygen atoms in total. The van der Waals surface area contributed by atoms with Crippen LogP contribution in [-0.2, 0) is 0 Å². The summed E-state index contributed by atoms with van der Waals surface area (Å²) in [6.07, 6.45) is 3.36. The molecule has 4 aromatic rings. The molecule has 0 bridgehead atoms. The molecule has 0 unspecified atom stereocenters. The van der Waals surface area contributed by atoms with Gasteiger partial charge in [-0.2, -0.15) is 0 Å². The van der Waals surface area contributed by atoms with Gasteiger partial charge in [0, 0.05) is 28.4 Å². The van der Waals surface area contributed by atoms with Crippen molar-refractivity contribution in [2.75, 3.05) is 12.4 Å². The second kappa shape index (κ2) is 7.73. The van der Waals surface area contributed by atoms with E-state index < -0.39 is 5.91 Å². The molecule has 3 N–H and O–H groups in total. The topological polar surface area (TPSA) is 103 Å². The van der Waals surface area contributed by atoms with E-state index in [1.807, 2.05) is 30.3 Å². The Morgan fingerprint density at radius 1 is 1.14 bits per heavy atom. The van der Waals surface area contributed by atoms with E-state index >= 15 is 0 Å². The minimum absolute atomic E-state index is 0.298. The maximum absolute atomic E-state index is 11.9. The van der Waals surface area contributed by atoms with Gasteiger partial charge < -0.3 is 15.8 Å². The third-order valence-corrected chi connectivity index (χ3v) is 4.56.